The number of hydrogen-bond acceptors (Lipinski definition) is 4. The van der Waals surface area contributed by atoms with Crippen LogP contribution in [0, 0.1) is 11.3 Å². The molecular weight excluding hydrogens is 309 g/mol. The van der Waals surface area contributed by atoms with E-state index in [-0.39, 0.29) is 18.0 Å². The average molecular weight is 322 g/mol. The Balaban J connectivity index is 2.61. The Bertz CT molecular complexity index is 609. The molecule has 21 heavy (non-hydrogen) atoms. The number of ether oxygens (including phenoxy) is 1. The summed E-state index contributed by atoms with van der Waals surface area (Å²) >= 11 is 0. The van der Waals surface area contributed by atoms with Gasteiger partial charge in [-0.05, 0) is 18.6 Å². The van der Waals surface area contributed by atoms with Crippen molar-refractivity contribution in [3.63, 3.8) is 0 Å². The van der Waals surface area contributed by atoms with Crippen LogP contribution in [0.25, 0.3) is 0 Å². The minimum atomic E-state index is -4.37. The van der Waals surface area contributed by atoms with Gasteiger partial charge < -0.3 is 4.74 Å². The molecule has 0 saturated carbocycles. The normalized spacial score (nSPS) is 11.7. The van der Waals surface area contributed by atoms with E-state index < -0.39 is 34.8 Å². The molecule has 0 amide bonds. The van der Waals surface area contributed by atoms with Gasteiger partial charge in [0.1, 0.15) is 11.8 Å². The molecule has 0 aliphatic heterocycles. The fraction of sp³-hybridized carbons (Fsp3) is 0.417. The van der Waals surface area contributed by atoms with Gasteiger partial charge in [-0.15, -0.1) is 0 Å². The lowest BCUT2D eigenvalue weighted by Crippen LogP contribution is -2.18. The van der Waals surface area contributed by atoms with E-state index in [1.807, 2.05) is 0 Å². The molecule has 1 aromatic carbocycles. The number of benzene rings is 1. The maximum absolute atomic E-state index is 12.0. The van der Waals surface area contributed by atoms with E-state index in [0.29, 0.717) is 0 Å². The molecule has 0 aromatic heterocycles. The van der Waals surface area contributed by atoms with Crippen LogP contribution in [0.4, 0.5) is 18.9 Å². The molecule has 116 valence electrons. The minimum absolute atomic E-state index is 0.164. The zero-order valence-electron chi connectivity index (χ0n) is 10.9. The number of sulfonamides is 1. The van der Waals surface area contributed by atoms with Crippen molar-refractivity contribution >= 4 is 15.7 Å². The second kappa shape index (κ2) is 7.17. The number of hydrogen-bond donors (Lipinski definition) is 1. The molecule has 0 spiro atoms. The van der Waals surface area contributed by atoms with Gasteiger partial charge in [0, 0.05) is 12.5 Å². The van der Waals surface area contributed by atoms with Gasteiger partial charge in [0.25, 0.3) is 0 Å². The lowest BCUT2D eigenvalue weighted by atomic mass is 10.3. The number of halogens is 3. The van der Waals surface area contributed by atoms with Crippen LogP contribution >= 0.6 is 0 Å². The van der Waals surface area contributed by atoms with Crippen molar-refractivity contribution in [2.45, 2.75) is 19.0 Å². The first-order valence-corrected chi connectivity index (χ1v) is 7.54. The highest BCUT2D eigenvalue weighted by Crippen LogP contribution is 2.22. The largest absolute Gasteiger partial charge is 0.479 e. The summed E-state index contributed by atoms with van der Waals surface area (Å²) in [5.41, 5.74) is 0.164. The molecule has 0 fully saturated rings. The van der Waals surface area contributed by atoms with Gasteiger partial charge in [0.05, 0.1) is 11.4 Å². The Morgan fingerprint density at radius 2 is 2.05 bits per heavy atom. The zero-order valence-corrected chi connectivity index (χ0v) is 11.7. The van der Waals surface area contributed by atoms with E-state index in [1.165, 1.54) is 24.3 Å². The molecule has 1 N–H and O–H groups in total. The van der Waals surface area contributed by atoms with Crippen LogP contribution in [0.2, 0.25) is 0 Å². The van der Waals surface area contributed by atoms with Gasteiger partial charge in [-0.25, -0.2) is 8.42 Å². The van der Waals surface area contributed by atoms with E-state index >= 15 is 0 Å². The highest BCUT2D eigenvalue weighted by molar-refractivity contribution is 7.92. The van der Waals surface area contributed by atoms with Crippen LogP contribution in [0.3, 0.4) is 0 Å². The van der Waals surface area contributed by atoms with E-state index in [4.69, 9.17) is 10.00 Å². The summed E-state index contributed by atoms with van der Waals surface area (Å²) in [6, 6.07) is 7.56. The third-order valence-electron chi connectivity index (χ3n) is 2.28. The average Bonchev–Trinajstić information content (AvgIpc) is 2.34. The molecule has 0 atom stereocenters. The SMILES string of the molecule is N#CCOc1cccc(NS(=O)(=O)CCCC(F)(F)F)c1. The lowest BCUT2D eigenvalue weighted by Gasteiger charge is -2.10. The third-order valence-corrected chi connectivity index (χ3v) is 3.66. The second-order valence-electron chi connectivity index (χ2n) is 4.11. The zero-order chi connectivity index (χ0) is 15.9. The number of nitriles is 1. The number of alkyl halides is 3. The topological polar surface area (TPSA) is 79.2 Å². The summed E-state index contributed by atoms with van der Waals surface area (Å²) in [6.07, 6.45) is -6.04. The molecule has 9 heteroatoms. The van der Waals surface area contributed by atoms with Gasteiger partial charge in [0.2, 0.25) is 10.0 Å². The molecule has 0 bridgehead atoms. The fourth-order valence-electron chi connectivity index (χ4n) is 1.46. The molecule has 0 radical (unpaired) electrons. The molecule has 0 aliphatic rings. The molecule has 5 nitrogen and oxygen atoms in total. The number of rotatable bonds is 7. The van der Waals surface area contributed by atoms with Crippen molar-refractivity contribution < 1.29 is 26.3 Å². The highest BCUT2D eigenvalue weighted by atomic mass is 32.2. The van der Waals surface area contributed by atoms with Crippen molar-refractivity contribution in [2.75, 3.05) is 17.1 Å². The Labute approximate surface area is 120 Å². The molecule has 1 rings (SSSR count). The first kappa shape index (κ1) is 17.1. The highest BCUT2D eigenvalue weighted by Gasteiger charge is 2.27. The predicted molar refractivity (Wildman–Crippen MR) is 70.2 cm³/mol. The molecule has 0 heterocycles. The summed E-state index contributed by atoms with van der Waals surface area (Å²) in [4.78, 5) is 0. The van der Waals surface area contributed by atoms with Crippen LogP contribution in [0.15, 0.2) is 24.3 Å². The summed E-state index contributed by atoms with van der Waals surface area (Å²) in [6.45, 7) is -0.193. The first-order valence-electron chi connectivity index (χ1n) is 5.89. The smallest absolute Gasteiger partial charge is 0.389 e. The van der Waals surface area contributed by atoms with Gasteiger partial charge in [-0.3, -0.25) is 4.72 Å². The van der Waals surface area contributed by atoms with Crippen LogP contribution in [0.1, 0.15) is 12.8 Å². The van der Waals surface area contributed by atoms with E-state index in [9.17, 15) is 21.6 Å². The van der Waals surface area contributed by atoms with Crippen LogP contribution < -0.4 is 9.46 Å². The molecule has 1 aromatic rings. The summed E-state index contributed by atoms with van der Waals surface area (Å²) in [5, 5.41) is 8.37. The van der Waals surface area contributed by atoms with Gasteiger partial charge >= 0.3 is 6.18 Å². The van der Waals surface area contributed by atoms with Crippen molar-refractivity contribution in [3.8, 4) is 11.8 Å². The molecule has 0 saturated heterocycles. The predicted octanol–water partition coefficient (Wildman–Crippen LogP) is 2.67. The summed E-state index contributed by atoms with van der Waals surface area (Å²) in [7, 11) is -3.86. The Morgan fingerprint density at radius 3 is 2.67 bits per heavy atom. The van der Waals surface area contributed by atoms with E-state index in [0.717, 1.165) is 0 Å². The number of nitrogens with one attached hydrogen (secondary N) is 1. The van der Waals surface area contributed by atoms with Gasteiger partial charge in [-0.1, -0.05) is 6.07 Å². The van der Waals surface area contributed by atoms with Crippen molar-refractivity contribution in [1.29, 1.82) is 5.26 Å². The Morgan fingerprint density at radius 1 is 1.33 bits per heavy atom. The monoisotopic (exact) mass is 322 g/mol. The quantitative estimate of drug-likeness (QED) is 0.837. The Kier molecular flexibility index (Phi) is 5.84. The maximum atomic E-state index is 12.0. The van der Waals surface area contributed by atoms with Crippen LogP contribution in [0.5, 0.6) is 5.75 Å². The maximum Gasteiger partial charge on any atom is 0.389 e. The minimum Gasteiger partial charge on any atom is -0.479 e. The number of anilines is 1. The number of nitrogens with zero attached hydrogens (tertiary/aromatic N) is 1. The van der Waals surface area contributed by atoms with Gasteiger partial charge in [-0.2, -0.15) is 18.4 Å². The van der Waals surface area contributed by atoms with Crippen LogP contribution in [-0.2, 0) is 10.0 Å². The third kappa shape index (κ3) is 7.41. The van der Waals surface area contributed by atoms with Crippen LogP contribution in [-0.4, -0.2) is 27.0 Å². The standard InChI is InChI=1S/C12H13F3N2O3S/c13-12(14,15)5-2-8-21(18,19)17-10-3-1-4-11(9-10)20-7-6-16/h1,3-4,9,17H,2,5,7-8H2. The van der Waals surface area contributed by atoms with E-state index in [2.05, 4.69) is 4.72 Å². The molecule has 0 unspecified atom stereocenters. The van der Waals surface area contributed by atoms with Crippen molar-refractivity contribution in [3.05, 3.63) is 24.3 Å². The van der Waals surface area contributed by atoms with E-state index in [1.54, 1.807) is 6.07 Å². The summed E-state index contributed by atoms with van der Waals surface area (Å²) in [5.74, 6) is -0.345. The van der Waals surface area contributed by atoms with Crippen molar-refractivity contribution in [1.82, 2.24) is 0 Å². The second-order valence-corrected chi connectivity index (χ2v) is 5.96. The molecular formula is C12H13F3N2O3S. The summed E-state index contributed by atoms with van der Waals surface area (Å²) < 4.78 is 66.3. The Hall–Kier alpha value is -1.95. The lowest BCUT2D eigenvalue weighted by molar-refractivity contribution is -0.134. The first-order chi connectivity index (χ1) is 9.72. The fourth-order valence-corrected chi connectivity index (χ4v) is 2.57. The van der Waals surface area contributed by atoms with Crippen molar-refractivity contribution in [2.24, 2.45) is 0 Å². The molecule has 0 aliphatic carbocycles. The van der Waals surface area contributed by atoms with Gasteiger partial charge in [0.15, 0.2) is 6.61 Å².